The zero-order chi connectivity index (χ0) is 24.2. The minimum Gasteiger partial charge on any atom is -0.497 e. The van der Waals surface area contributed by atoms with Crippen molar-refractivity contribution in [3.05, 3.63) is 71.8 Å². The summed E-state index contributed by atoms with van der Waals surface area (Å²) in [6.45, 7) is 4.31. The van der Waals surface area contributed by atoms with E-state index in [9.17, 15) is 4.79 Å². The minimum absolute atomic E-state index is 0.152. The fourth-order valence-corrected chi connectivity index (χ4v) is 3.63. The number of carbonyl (C=O) groups excluding carboxylic acids is 1. The highest BCUT2D eigenvalue weighted by atomic mass is 32.1. The number of hydrogen-bond donors (Lipinski definition) is 2. The van der Waals surface area contributed by atoms with Gasteiger partial charge in [0.25, 0.3) is 5.91 Å². The fourth-order valence-electron chi connectivity index (χ4n) is 3.42. The monoisotopic (exact) mass is 475 g/mol. The van der Waals surface area contributed by atoms with E-state index in [0.717, 1.165) is 5.56 Å². The van der Waals surface area contributed by atoms with Gasteiger partial charge < -0.3 is 19.2 Å². The highest BCUT2D eigenvalue weighted by Gasteiger charge is 2.13. The average Bonchev–Trinajstić information content (AvgIpc) is 3.27. The Balaban J connectivity index is 1.47. The third-order valence-corrected chi connectivity index (χ3v) is 5.51. The first kappa shape index (κ1) is 23.3. The largest absolute Gasteiger partial charge is 0.497 e. The molecule has 0 aliphatic rings. The number of aromatic nitrogens is 1. The Morgan fingerprint density at radius 3 is 2.26 bits per heavy atom. The van der Waals surface area contributed by atoms with E-state index in [4.69, 9.17) is 26.1 Å². The van der Waals surface area contributed by atoms with E-state index in [2.05, 4.69) is 41.6 Å². The molecule has 0 aliphatic heterocycles. The normalized spacial score (nSPS) is 10.9. The third kappa shape index (κ3) is 5.18. The second kappa shape index (κ2) is 9.93. The summed E-state index contributed by atoms with van der Waals surface area (Å²) in [4.78, 5) is 17.3. The number of thiocarbonyl (C=S) groups is 1. The van der Waals surface area contributed by atoms with Crippen molar-refractivity contribution in [1.29, 1.82) is 0 Å². The minimum atomic E-state index is -0.385. The van der Waals surface area contributed by atoms with Crippen molar-refractivity contribution in [2.45, 2.75) is 19.8 Å². The molecule has 4 aromatic rings. The number of hydrogen-bond acceptors (Lipinski definition) is 6. The van der Waals surface area contributed by atoms with Gasteiger partial charge in [-0.3, -0.25) is 10.1 Å². The molecule has 0 saturated carbocycles. The Morgan fingerprint density at radius 1 is 0.971 bits per heavy atom. The molecule has 0 radical (unpaired) electrons. The summed E-state index contributed by atoms with van der Waals surface area (Å²) in [6.07, 6.45) is 0. The van der Waals surface area contributed by atoms with Gasteiger partial charge in [-0.1, -0.05) is 26.0 Å². The molecule has 7 nitrogen and oxygen atoms in total. The van der Waals surface area contributed by atoms with E-state index in [1.807, 2.05) is 30.3 Å². The van der Waals surface area contributed by atoms with E-state index in [1.165, 1.54) is 19.8 Å². The average molecular weight is 476 g/mol. The number of fused-ring (bicyclic) bond motifs is 1. The van der Waals surface area contributed by atoms with Crippen LogP contribution in [-0.2, 0) is 0 Å². The molecule has 1 amide bonds. The number of oxazole rings is 1. The first-order chi connectivity index (χ1) is 16.4. The predicted molar refractivity (Wildman–Crippen MR) is 137 cm³/mol. The van der Waals surface area contributed by atoms with Gasteiger partial charge in [0.15, 0.2) is 10.7 Å². The van der Waals surface area contributed by atoms with Gasteiger partial charge in [-0.15, -0.1) is 0 Å². The SMILES string of the molecule is COc1cc(OC)cc(C(=O)NC(=S)Nc2ccc3oc(-c4ccc(C(C)C)cc4)nc3c2)c1. The van der Waals surface area contributed by atoms with Crippen molar-refractivity contribution in [1.82, 2.24) is 10.3 Å². The van der Waals surface area contributed by atoms with Gasteiger partial charge >= 0.3 is 0 Å². The highest BCUT2D eigenvalue weighted by molar-refractivity contribution is 7.80. The lowest BCUT2D eigenvalue weighted by molar-refractivity contribution is 0.0977. The van der Waals surface area contributed by atoms with E-state index >= 15 is 0 Å². The molecular weight excluding hydrogens is 450 g/mol. The first-order valence-electron chi connectivity index (χ1n) is 10.7. The Morgan fingerprint density at radius 2 is 1.65 bits per heavy atom. The zero-order valence-electron chi connectivity index (χ0n) is 19.3. The summed E-state index contributed by atoms with van der Waals surface area (Å²) < 4.78 is 16.3. The standard InChI is InChI=1S/C26H25N3O4S/c1-15(2)16-5-7-17(8-6-16)25-28-22-13-19(9-10-23(22)33-25)27-26(34)29-24(30)18-11-20(31-3)14-21(12-18)32-4/h5-15H,1-4H3,(H2,27,29,30,34). The summed E-state index contributed by atoms with van der Waals surface area (Å²) in [5, 5.41) is 5.84. The number of nitrogens with one attached hydrogen (secondary N) is 2. The molecular formula is C26H25N3O4S. The maximum atomic E-state index is 12.6. The lowest BCUT2D eigenvalue weighted by Crippen LogP contribution is -2.34. The van der Waals surface area contributed by atoms with E-state index < -0.39 is 0 Å². The van der Waals surface area contributed by atoms with E-state index in [-0.39, 0.29) is 11.0 Å². The number of amides is 1. The molecule has 1 heterocycles. The van der Waals surface area contributed by atoms with Crippen molar-refractivity contribution in [3.63, 3.8) is 0 Å². The molecule has 3 aromatic carbocycles. The van der Waals surface area contributed by atoms with Crippen LogP contribution in [0.25, 0.3) is 22.6 Å². The van der Waals surface area contributed by atoms with Crippen molar-refractivity contribution >= 4 is 40.0 Å². The smallest absolute Gasteiger partial charge is 0.257 e. The molecule has 0 fully saturated rings. The third-order valence-electron chi connectivity index (χ3n) is 5.31. The van der Waals surface area contributed by atoms with Crippen LogP contribution in [0.2, 0.25) is 0 Å². The summed E-state index contributed by atoms with van der Waals surface area (Å²) in [5.41, 5.74) is 4.55. The van der Waals surface area contributed by atoms with E-state index in [1.54, 1.807) is 18.2 Å². The molecule has 8 heteroatoms. The number of anilines is 1. The van der Waals surface area contributed by atoms with Crippen LogP contribution in [0.15, 0.2) is 65.1 Å². The van der Waals surface area contributed by atoms with Crippen LogP contribution in [0.1, 0.15) is 35.7 Å². The number of carbonyl (C=O) groups is 1. The molecule has 0 unspecified atom stereocenters. The molecule has 4 rings (SSSR count). The summed E-state index contributed by atoms with van der Waals surface area (Å²) in [6, 6.07) is 18.5. The molecule has 0 atom stereocenters. The van der Waals surface area contributed by atoms with Crippen LogP contribution in [0.3, 0.4) is 0 Å². The molecule has 1 aromatic heterocycles. The Hall–Kier alpha value is -3.91. The van der Waals surface area contributed by atoms with Crippen molar-refractivity contribution in [2.75, 3.05) is 19.5 Å². The topological polar surface area (TPSA) is 85.6 Å². The molecule has 0 aliphatic carbocycles. The van der Waals surface area contributed by atoms with Crippen LogP contribution in [0, 0.1) is 0 Å². The van der Waals surface area contributed by atoms with Gasteiger partial charge in [0.2, 0.25) is 5.89 Å². The number of ether oxygens (including phenoxy) is 2. The molecule has 174 valence electrons. The van der Waals surface area contributed by atoms with Crippen LogP contribution in [-0.4, -0.2) is 30.2 Å². The van der Waals surface area contributed by atoms with Crippen LogP contribution in [0.4, 0.5) is 5.69 Å². The molecule has 0 bridgehead atoms. The van der Waals surface area contributed by atoms with Gasteiger partial charge in [0, 0.05) is 22.9 Å². The number of benzene rings is 3. The number of nitrogens with zero attached hydrogens (tertiary/aromatic N) is 1. The highest BCUT2D eigenvalue weighted by Crippen LogP contribution is 2.28. The quantitative estimate of drug-likeness (QED) is 0.343. The Bertz CT molecular complexity index is 1320. The zero-order valence-corrected chi connectivity index (χ0v) is 20.2. The van der Waals surface area contributed by atoms with Crippen LogP contribution < -0.4 is 20.1 Å². The Labute approximate surface area is 203 Å². The lowest BCUT2D eigenvalue weighted by atomic mass is 10.0. The maximum absolute atomic E-state index is 12.6. The summed E-state index contributed by atoms with van der Waals surface area (Å²) >= 11 is 5.32. The van der Waals surface area contributed by atoms with Gasteiger partial charge in [-0.05, 0) is 66.2 Å². The maximum Gasteiger partial charge on any atom is 0.257 e. The van der Waals surface area contributed by atoms with Gasteiger partial charge in [0.1, 0.15) is 17.0 Å². The molecule has 0 spiro atoms. The number of rotatable bonds is 6. The van der Waals surface area contributed by atoms with Crippen molar-refractivity contribution < 1.29 is 18.7 Å². The van der Waals surface area contributed by atoms with Gasteiger partial charge in [0.05, 0.1) is 14.2 Å². The second-order valence-electron chi connectivity index (χ2n) is 7.99. The van der Waals surface area contributed by atoms with Crippen LogP contribution >= 0.6 is 12.2 Å². The fraction of sp³-hybridized carbons (Fsp3) is 0.192. The van der Waals surface area contributed by atoms with Gasteiger partial charge in [-0.2, -0.15) is 0 Å². The first-order valence-corrected chi connectivity index (χ1v) is 11.1. The predicted octanol–water partition coefficient (Wildman–Crippen LogP) is 5.76. The van der Waals surface area contributed by atoms with Crippen molar-refractivity contribution in [3.8, 4) is 23.0 Å². The Kier molecular flexibility index (Phi) is 6.79. The summed E-state index contributed by atoms with van der Waals surface area (Å²) in [7, 11) is 3.05. The molecule has 2 N–H and O–H groups in total. The second-order valence-corrected chi connectivity index (χ2v) is 8.40. The molecule has 34 heavy (non-hydrogen) atoms. The van der Waals surface area contributed by atoms with Crippen molar-refractivity contribution in [2.24, 2.45) is 0 Å². The summed E-state index contributed by atoms with van der Waals surface area (Å²) in [5.74, 6) is 1.64. The molecule has 0 saturated heterocycles. The van der Waals surface area contributed by atoms with E-state index in [0.29, 0.717) is 45.7 Å². The lowest BCUT2D eigenvalue weighted by Gasteiger charge is -2.11. The number of methoxy groups -OCH3 is 2. The van der Waals surface area contributed by atoms with Crippen LogP contribution in [0.5, 0.6) is 11.5 Å². The van der Waals surface area contributed by atoms with Gasteiger partial charge in [-0.25, -0.2) is 4.98 Å².